The third-order valence-electron chi connectivity index (χ3n) is 4.62. The Balaban J connectivity index is 2.26. The van der Waals surface area contributed by atoms with Gasteiger partial charge in [0.1, 0.15) is 0 Å². The van der Waals surface area contributed by atoms with Crippen molar-refractivity contribution in [2.75, 3.05) is 0 Å². The van der Waals surface area contributed by atoms with Crippen LogP contribution in [-0.4, -0.2) is 22.4 Å². The molecule has 3 rings (SSSR count). The van der Waals surface area contributed by atoms with Crippen molar-refractivity contribution in [3.8, 4) is 0 Å². The Labute approximate surface area is 73.6 Å². The lowest BCUT2D eigenvalue weighted by atomic mass is 9.39. The molecular weight excluding hydrogens is 152 g/mol. The van der Waals surface area contributed by atoms with Crippen LogP contribution in [-0.2, 0) is 0 Å². The first-order chi connectivity index (χ1) is 5.38. The molecule has 4 atom stereocenters. The molecule has 3 aliphatic rings. The van der Waals surface area contributed by atoms with Gasteiger partial charge >= 0.3 is 0 Å². The molecule has 2 nitrogen and oxygen atoms in total. The van der Waals surface area contributed by atoms with Crippen molar-refractivity contribution in [2.24, 2.45) is 16.7 Å². The molecule has 0 saturated heterocycles. The van der Waals surface area contributed by atoms with Crippen LogP contribution in [0.15, 0.2) is 0 Å². The Kier molecular flexibility index (Phi) is 1.45. The van der Waals surface area contributed by atoms with E-state index in [0.29, 0.717) is 5.92 Å². The summed E-state index contributed by atoms with van der Waals surface area (Å²) in [5.41, 5.74) is 0.474. The van der Waals surface area contributed by atoms with Gasteiger partial charge in [-0.05, 0) is 29.6 Å². The summed E-state index contributed by atoms with van der Waals surface area (Å²) < 4.78 is 0. The molecule has 3 aliphatic carbocycles. The third-order valence-corrected chi connectivity index (χ3v) is 4.62. The third kappa shape index (κ3) is 0.728. The highest BCUT2D eigenvalue weighted by Gasteiger charge is 2.64. The maximum absolute atomic E-state index is 9.68. The van der Waals surface area contributed by atoms with Gasteiger partial charge in [-0.15, -0.1) is 0 Å². The van der Waals surface area contributed by atoms with E-state index in [-0.39, 0.29) is 10.8 Å². The molecule has 0 aromatic heterocycles. The first-order valence-electron chi connectivity index (χ1n) is 4.75. The Morgan fingerprint density at radius 1 is 1.08 bits per heavy atom. The predicted molar refractivity (Wildman–Crippen MR) is 46.6 cm³/mol. The van der Waals surface area contributed by atoms with Crippen LogP contribution in [0.2, 0.25) is 0 Å². The lowest BCUT2D eigenvalue weighted by Crippen LogP contribution is -2.65. The Bertz CT molecular complexity index is 209. The summed E-state index contributed by atoms with van der Waals surface area (Å²) in [4.78, 5) is 0. The summed E-state index contributed by atoms with van der Waals surface area (Å²) in [5.74, 6) is 0.311. The monoisotopic (exact) mass is 170 g/mol. The molecule has 12 heavy (non-hydrogen) atoms. The highest BCUT2D eigenvalue weighted by Crippen LogP contribution is 2.67. The van der Waals surface area contributed by atoms with Gasteiger partial charge in [0.15, 0.2) is 0 Å². The maximum atomic E-state index is 9.68. The van der Waals surface area contributed by atoms with Crippen LogP contribution in [0.4, 0.5) is 0 Å². The van der Waals surface area contributed by atoms with Crippen LogP contribution in [0, 0.1) is 16.7 Å². The first-order valence-corrected chi connectivity index (χ1v) is 4.75. The van der Waals surface area contributed by atoms with Gasteiger partial charge in [-0.3, -0.25) is 0 Å². The molecule has 2 heteroatoms. The van der Waals surface area contributed by atoms with Gasteiger partial charge in [0.25, 0.3) is 0 Å². The van der Waals surface area contributed by atoms with Gasteiger partial charge in [0, 0.05) is 0 Å². The van der Waals surface area contributed by atoms with Crippen molar-refractivity contribution in [2.45, 2.75) is 45.8 Å². The molecule has 0 heterocycles. The van der Waals surface area contributed by atoms with Crippen molar-refractivity contribution in [3.05, 3.63) is 0 Å². The van der Waals surface area contributed by atoms with E-state index in [1.54, 1.807) is 0 Å². The summed E-state index contributed by atoms with van der Waals surface area (Å²) >= 11 is 0. The molecule has 4 unspecified atom stereocenters. The second kappa shape index (κ2) is 2.05. The van der Waals surface area contributed by atoms with E-state index in [0.717, 1.165) is 12.8 Å². The van der Waals surface area contributed by atoms with Crippen LogP contribution >= 0.6 is 0 Å². The van der Waals surface area contributed by atoms with Crippen molar-refractivity contribution >= 4 is 0 Å². The second-order valence-corrected chi connectivity index (χ2v) is 5.36. The van der Waals surface area contributed by atoms with Gasteiger partial charge in [-0.2, -0.15) is 0 Å². The zero-order valence-electron chi connectivity index (χ0n) is 8.04. The fourth-order valence-corrected chi connectivity index (χ4v) is 3.06. The first kappa shape index (κ1) is 8.52. The molecular formula is C10H18O2. The molecule has 0 spiro atoms. The Morgan fingerprint density at radius 2 is 1.67 bits per heavy atom. The minimum Gasteiger partial charge on any atom is -0.390 e. The highest BCUT2D eigenvalue weighted by molar-refractivity contribution is 5.13. The average molecular weight is 170 g/mol. The molecule has 0 aromatic carbocycles. The Morgan fingerprint density at radius 3 is 2.08 bits per heavy atom. The number of fused-ring (bicyclic) bond motifs is 2. The lowest BCUT2D eigenvalue weighted by molar-refractivity contribution is -0.242. The number of hydrogen-bond acceptors (Lipinski definition) is 2. The highest BCUT2D eigenvalue weighted by atomic mass is 16.3. The van der Waals surface area contributed by atoms with E-state index in [1.807, 2.05) is 0 Å². The molecule has 0 aliphatic heterocycles. The second-order valence-electron chi connectivity index (χ2n) is 5.36. The predicted octanol–water partition coefficient (Wildman–Crippen LogP) is 1.16. The fourth-order valence-electron chi connectivity index (χ4n) is 3.06. The molecule has 2 bridgehead atoms. The molecule has 0 aromatic rings. The molecule has 70 valence electrons. The lowest BCUT2D eigenvalue weighted by Gasteiger charge is -2.67. The molecule has 3 saturated carbocycles. The van der Waals surface area contributed by atoms with Crippen molar-refractivity contribution in [1.82, 2.24) is 0 Å². The van der Waals surface area contributed by atoms with E-state index in [9.17, 15) is 10.2 Å². The van der Waals surface area contributed by atoms with Gasteiger partial charge in [-0.25, -0.2) is 0 Å². The van der Waals surface area contributed by atoms with E-state index in [1.165, 1.54) is 0 Å². The van der Waals surface area contributed by atoms with Crippen LogP contribution in [0.1, 0.15) is 33.6 Å². The smallest absolute Gasteiger partial charge is 0.0832 e. The van der Waals surface area contributed by atoms with Crippen molar-refractivity contribution in [1.29, 1.82) is 0 Å². The molecule has 3 fully saturated rings. The van der Waals surface area contributed by atoms with Crippen LogP contribution in [0.3, 0.4) is 0 Å². The number of aliphatic hydroxyl groups is 2. The summed E-state index contributed by atoms with van der Waals surface area (Å²) in [7, 11) is 0. The number of aliphatic hydroxyl groups excluding tert-OH is 2. The van der Waals surface area contributed by atoms with E-state index in [2.05, 4.69) is 20.8 Å². The average Bonchev–Trinajstić information content (AvgIpc) is 1.96. The van der Waals surface area contributed by atoms with E-state index >= 15 is 0 Å². The summed E-state index contributed by atoms with van der Waals surface area (Å²) in [5, 5.41) is 19.2. The minimum absolute atomic E-state index is 0.214. The minimum atomic E-state index is -0.484. The van der Waals surface area contributed by atoms with Gasteiger partial charge in [0.05, 0.1) is 12.2 Å². The van der Waals surface area contributed by atoms with E-state index < -0.39 is 12.2 Å². The molecule has 0 radical (unpaired) electrons. The standard InChI is InChI=1S/C10H18O2/c1-9(2)6-4-10(9,3)5-7(11)8(6)12/h6-8,11-12H,4-5H2,1-3H3. The fraction of sp³-hybridized carbons (Fsp3) is 1.00. The van der Waals surface area contributed by atoms with Gasteiger partial charge in [-0.1, -0.05) is 20.8 Å². The summed E-state index contributed by atoms with van der Waals surface area (Å²) in [6, 6.07) is 0. The van der Waals surface area contributed by atoms with E-state index in [4.69, 9.17) is 0 Å². The molecule has 2 N–H and O–H groups in total. The zero-order valence-corrected chi connectivity index (χ0v) is 8.04. The topological polar surface area (TPSA) is 40.5 Å². The number of rotatable bonds is 0. The van der Waals surface area contributed by atoms with Crippen molar-refractivity contribution in [3.63, 3.8) is 0 Å². The van der Waals surface area contributed by atoms with Crippen LogP contribution < -0.4 is 0 Å². The summed E-state index contributed by atoms with van der Waals surface area (Å²) in [6.45, 7) is 6.63. The quantitative estimate of drug-likeness (QED) is 0.573. The summed E-state index contributed by atoms with van der Waals surface area (Å²) in [6.07, 6.45) is 0.874. The maximum Gasteiger partial charge on any atom is 0.0832 e. The van der Waals surface area contributed by atoms with Gasteiger partial charge in [0.2, 0.25) is 0 Å². The Hall–Kier alpha value is -0.0800. The number of hydrogen-bond donors (Lipinski definition) is 2. The largest absolute Gasteiger partial charge is 0.390 e. The van der Waals surface area contributed by atoms with Crippen LogP contribution in [0.5, 0.6) is 0 Å². The van der Waals surface area contributed by atoms with Crippen LogP contribution in [0.25, 0.3) is 0 Å². The SMILES string of the molecule is CC12CC(O)C(O)C(C1)C2(C)C. The zero-order chi connectivity index (χ0) is 9.15. The normalized spacial score (nSPS) is 56.2. The van der Waals surface area contributed by atoms with Gasteiger partial charge < -0.3 is 10.2 Å². The molecule has 0 amide bonds. The van der Waals surface area contributed by atoms with Crippen molar-refractivity contribution < 1.29 is 10.2 Å².